The normalized spacial score (nSPS) is 15.5. The zero-order valence-electron chi connectivity index (χ0n) is 7.69. The molecule has 0 spiro atoms. The van der Waals surface area contributed by atoms with Crippen LogP contribution < -0.4 is 5.73 Å². The Morgan fingerprint density at radius 1 is 1.77 bits per heavy atom. The highest BCUT2D eigenvalue weighted by molar-refractivity contribution is 5.71. The van der Waals surface area contributed by atoms with Gasteiger partial charge in [-0.1, -0.05) is 6.08 Å². The van der Waals surface area contributed by atoms with Crippen LogP contribution in [0, 0.1) is 0 Å². The van der Waals surface area contributed by atoms with Crippen LogP contribution in [0.2, 0.25) is 0 Å². The van der Waals surface area contributed by atoms with E-state index >= 15 is 0 Å². The Kier molecular flexibility index (Phi) is 3.37. The van der Waals surface area contributed by atoms with E-state index in [1.54, 1.807) is 13.1 Å². The first kappa shape index (κ1) is 9.64. The fourth-order valence-corrected chi connectivity index (χ4v) is 1.11. The Hall–Kier alpha value is -1.45. The molecule has 1 aliphatic rings. The molecule has 0 aromatic carbocycles. The Labute approximate surface area is 77.6 Å². The molecule has 0 fully saturated rings. The highest BCUT2D eigenvalue weighted by Gasteiger charge is 2.08. The molecule has 0 radical (unpaired) electrons. The summed E-state index contributed by atoms with van der Waals surface area (Å²) < 4.78 is 4.81. The molecular weight excluding hydrogens is 168 g/mol. The number of esters is 1. The van der Waals surface area contributed by atoms with Gasteiger partial charge in [-0.3, -0.25) is 4.79 Å². The Bertz CT molecular complexity index is 246. The van der Waals surface area contributed by atoms with E-state index in [1.165, 1.54) is 0 Å². The highest BCUT2D eigenvalue weighted by Crippen LogP contribution is 2.02. The van der Waals surface area contributed by atoms with Crippen LogP contribution in [-0.4, -0.2) is 30.6 Å². The third-order valence-corrected chi connectivity index (χ3v) is 1.62. The average molecular weight is 182 g/mol. The van der Waals surface area contributed by atoms with E-state index in [2.05, 4.69) is 0 Å². The lowest BCUT2D eigenvalue weighted by Crippen LogP contribution is -2.29. The van der Waals surface area contributed by atoms with Gasteiger partial charge in [0.1, 0.15) is 6.54 Å². The van der Waals surface area contributed by atoms with Gasteiger partial charge in [-0.2, -0.15) is 0 Å². The molecule has 4 heteroatoms. The monoisotopic (exact) mass is 182 g/mol. The first-order chi connectivity index (χ1) is 6.22. The van der Waals surface area contributed by atoms with Crippen molar-refractivity contribution in [3.63, 3.8) is 0 Å². The van der Waals surface area contributed by atoms with Gasteiger partial charge in [-0.15, -0.1) is 0 Å². The number of hydrogen-bond acceptors (Lipinski definition) is 4. The lowest BCUT2D eigenvalue weighted by atomic mass is 10.3. The van der Waals surface area contributed by atoms with Gasteiger partial charge in [0.25, 0.3) is 0 Å². The molecule has 0 saturated carbocycles. The molecule has 1 heterocycles. The number of nitrogens with two attached hydrogens (primary N) is 1. The van der Waals surface area contributed by atoms with Gasteiger partial charge in [-0.05, 0) is 13.0 Å². The van der Waals surface area contributed by atoms with Crippen molar-refractivity contribution >= 4 is 5.97 Å². The minimum absolute atomic E-state index is 0.221. The molecule has 0 aromatic rings. The largest absolute Gasteiger partial charge is 0.465 e. The Morgan fingerprint density at radius 3 is 3.15 bits per heavy atom. The standard InChI is InChI=1S/C9H14N2O2/c1-2-13-9(12)7-11-5-3-4-8(10)6-11/h3-4,6H,2,5,7,10H2,1H3. The summed E-state index contributed by atoms with van der Waals surface area (Å²) in [7, 11) is 0. The van der Waals surface area contributed by atoms with E-state index in [9.17, 15) is 4.79 Å². The highest BCUT2D eigenvalue weighted by atomic mass is 16.5. The fraction of sp³-hybridized carbons (Fsp3) is 0.444. The van der Waals surface area contributed by atoms with Gasteiger partial charge in [0, 0.05) is 18.4 Å². The number of ether oxygens (including phenoxy) is 1. The minimum atomic E-state index is -0.221. The summed E-state index contributed by atoms with van der Waals surface area (Å²) in [6.45, 7) is 3.18. The number of nitrogens with zero attached hydrogens (tertiary/aromatic N) is 1. The molecule has 1 rings (SSSR count). The van der Waals surface area contributed by atoms with Crippen LogP contribution in [0.1, 0.15) is 6.92 Å². The summed E-state index contributed by atoms with van der Waals surface area (Å²) >= 11 is 0. The van der Waals surface area contributed by atoms with Gasteiger partial charge >= 0.3 is 5.97 Å². The van der Waals surface area contributed by atoms with Crippen molar-refractivity contribution in [1.82, 2.24) is 4.90 Å². The van der Waals surface area contributed by atoms with Gasteiger partial charge < -0.3 is 15.4 Å². The van der Waals surface area contributed by atoms with E-state index in [0.717, 1.165) is 0 Å². The molecular formula is C9H14N2O2. The van der Waals surface area contributed by atoms with Crippen LogP contribution in [0.5, 0.6) is 0 Å². The van der Waals surface area contributed by atoms with Crippen molar-refractivity contribution in [2.24, 2.45) is 5.73 Å². The maximum absolute atomic E-state index is 11.1. The number of rotatable bonds is 3. The van der Waals surface area contributed by atoms with E-state index in [-0.39, 0.29) is 12.5 Å². The van der Waals surface area contributed by atoms with Crippen LogP contribution in [-0.2, 0) is 9.53 Å². The van der Waals surface area contributed by atoms with Crippen LogP contribution in [0.4, 0.5) is 0 Å². The average Bonchev–Trinajstić information content (AvgIpc) is 2.04. The maximum Gasteiger partial charge on any atom is 0.325 e. The van der Waals surface area contributed by atoms with E-state index in [1.807, 2.05) is 17.1 Å². The van der Waals surface area contributed by atoms with Crippen LogP contribution in [0.15, 0.2) is 24.0 Å². The Morgan fingerprint density at radius 2 is 2.54 bits per heavy atom. The van der Waals surface area contributed by atoms with Gasteiger partial charge in [0.15, 0.2) is 0 Å². The predicted molar refractivity (Wildman–Crippen MR) is 49.6 cm³/mol. The molecule has 13 heavy (non-hydrogen) atoms. The predicted octanol–water partition coefficient (Wildman–Crippen LogP) is 0.221. The molecule has 0 bridgehead atoms. The van der Waals surface area contributed by atoms with Gasteiger partial charge in [0.05, 0.1) is 6.61 Å². The lowest BCUT2D eigenvalue weighted by Gasteiger charge is -2.20. The van der Waals surface area contributed by atoms with Crippen LogP contribution >= 0.6 is 0 Å². The zero-order chi connectivity index (χ0) is 9.68. The summed E-state index contributed by atoms with van der Waals surface area (Å²) in [6, 6.07) is 0. The second kappa shape index (κ2) is 4.54. The third kappa shape index (κ3) is 3.19. The number of allylic oxidation sites excluding steroid dienone is 1. The van der Waals surface area contributed by atoms with Crippen LogP contribution in [0.3, 0.4) is 0 Å². The lowest BCUT2D eigenvalue weighted by molar-refractivity contribution is -0.143. The smallest absolute Gasteiger partial charge is 0.325 e. The molecule has 2 N–H and O–H groups in total. The van der Waals surface area contributed by atoms with Crippen molar-refractivity contribution in [3.8, 4) is 0 Å². The summed E-state index contributed by atoms with van der Waals surface area (Å²) in [5.41, 5.74) is 6.22. The van der Waals surface area contributed by atoms with E-state index in [4.69, 9.17) is 10.5 Å². The van der Waals surface area contributed by atoms with E-state index in [0.29, 0.717) is 18.8 Å². The van der Waals surface area contributed by atoms with Crippen molar-refractivity contribution < 1.29 is 9.53 Å². The second-order valence-corrected chi connectivity index (χ2v) is 2.77. The molecule has 4 nitrogen and oxygen atoms in total. The quantitative estimate of drug-likeness (QED) is 0.634. The number of carbonyl (C=O) groups is 1. The van der Waals surface area contributed by atoms with E-state index < -0.39 is 0 Å². The summed E-state index contributed by atoms with van der Waals surface area (Å²) in [5, 5.41) is 0. The number of hydrogen-bond donors (Lipinski definition) is 1. The first-order valence-corrected chi connectivity index (χ1v) is 4.26. The first-order valence-electron chi connectivity index (χ1n) is 4.26. The van der Waals surface area contributed by atoms with Crippen molar-refractivity contribution in [2.75, 3.05) is 19.7 Å². The molecule has 0 saturated heterocycles. The summed E-state index contributed by atoms with van der Waals surface area (Å²) in [6.07, 6.45) is 5.48. The minimum Gasteiger partial charge on any atom is -0.465 e. The SMILES string of the molecule is CCOC(=O)CN1C=C(N)C=CC1. The van der Waals surface area contributed by atoms with Crippen molar-refractivity contribution in [1.29, 1.82) is 0 Å². The molecule has 0 atom stereocenters. The Balaban J connectivity index is 2.38. The molecule has 72 valence electrons. The molecule has 0 unspecified atom stereocenters. The second-order valence-electron chi connectivity index (χ2n) is 2.77. The molecule has 0 aromatic heterocycles. The van der Waals surface area contributed by atoms with Crippen molar-refractivity contribution in [2.45, 2.75) is 6.92 Å². The molecule has 1 aliphatic heterocycles. The van der Waals surface area contributed by atoms with Crippen LogP contribution in [0.25, 0.3) is 0 Å². The fourth-order valence-electron chi connectivity index (χ4n) is 1.11. The van der Waals surface area contributed by atoms with Gasteiger partial charge in [0.2, 0.25) is 0 Å². The topological polar surface area (TPSA) is 55.6 Å². The molecule has 0 amide bonds. The molecule has 0 aliphatic carbocycles. The van der Waals surface area contributed by atoms with Gasteiger partial charge in [-0.25, -0.2) is 0 Å². The summed E-state index contributed by atoms with van der Waals surface area (Å²) in [4.78, 5) is 12.9. The third-order valence-electron chi connectivity index (χ3n) is 1.62. The summed E-state index contributed by atoms with van der Waals surface area (Å²) in [5.74, 6) is -0.221. The number of carbonyl (C=O) groups excluding carboxylic acids is 1. The maximum atomic E-state index is 11.1. The van der Waals surface area contributed by atoms with Crippen molar-refractivity contribution in [3.05, 3.63) is 24.0 Å². The zero-order valence-corrected chi connectivity index (χ0v) is 7.69.